The Morgan fingerprint density at radius 1 is 1.14 bits per heavy atom. The lowest BCUT2D eigenvalue weighted by atomic mass is 10.1. The van der Waals surface area contributed by atoms with Crippen LogP contribution in [0.1, 0.15) is 30.9 Å². The highest BCUT2D eigenvalue weighted by atomic mass is 32.2. The Morgan fingerprint density at radius 3 is 2.68 bits per heavy atom. The molecule has 3 aromatic rings. The summed E-state index contributed by atoms with van der Waals surface area (Å²) in [6.45, 7) is 5.23. The van der Waals surface area contributed by atoms with E-state index in [1.165, 1.54) is 11.8 Å². The highest BCUT2D eigenvalue weighted by molar-refractivity contribution is 7.99. The highest BCUT2D eigenvalue weighted by Gasteiger charge is 2.13. The van der Waals surface area contributed by atoms with Gasteiger partial charge in [-0.15, -0.1) is 0 Å². The van der Waals surface area contributed by atoms with Crippen LogP contribution < -0.4 is 10.9 Å². The molecule has 6 heteroatoms. The quantitative estimate of drug-likeness (QED) is 0.464. The number of hydrogen-bond donors (Lipinski definition) is 1. The molecule has 0 unspecified atom stereocenters. The SMILES string of the molecule is CCCCn1c(SCC(=O)NCc2ccccc2C)nc2ccccc2c1=O. The number of aromatic nitrogens is 2. The first kappa shape index (κ1) is 20.1. The number of aryl methyl sites for hydroxylation is 1. The number of rotatable bonds is 8. The molecule has 2 aromatic carbocycles. The van der Waals surface area contributed by atoms with Crippen molar-refractivity contribution < 1.29 is 4.79 Å². The number of fused-ring (bicyclic) bond motifs is 1. The molecule has 1 aromatic heterocycles. The molecule has 5 nitrogen and oxygen atoms in total. The lowest BCUT2D eigenvalue weighted by molar-refractivity contribution is -0.118. The van der Waals surface area contributed by atoms with Crippen molar-refractivity contribution in [2.45, 2.75) is 44.9 Å². The molecule has 3 rings (SSSR count). The molecule has 0 aliphatic carbocycles. The van der Waals surface area contributed by atoms with Gasteiger partial charge in [0.05, 0.1) is 16.7 Å². The van der Waals surface area contributed by atoms with Crippen molar-refractivity contribution in [1.82, 2.24) is 14.9 Å². The number of nitrogens with zero attached hydrogens (tertiary/aromatic N) is 2. The van der Waals surface area contributed by atoms with Gasteiger partial charge in [-0.2, -0.15) is 0 Å². The van der Waals surface area contributed by atoms with Gasteiger partial charge < -0.3 is 5.32 Å². The molecule has 0 bridgehead atoms. The van der Waals surface area contributed by atoms with Crippen LogP contribution in [0.3, 0.4) is 0 Å². The van der Waals surface area contributed by atoms with Gasteiger partial charge in [-0.05, 0) is 36.6 Å². The van der Waals surface area contributed by atoms with Gasteiger partial charge in [0.1, 0.15) is 0 Å². The molecule has 0 atom stereocenters. The molecule has 0 aliphatic heterocycles. The van der Waals surface area contributed by atoms with Crippen LogP contribution in [0.2, 0.25) is 0 Å². The summed E-state index contributed by atoms with van der Waals surface area (Å²) in [5.41, 5.74) is 2.88. The van der Waals surface area contributed by atoms with Crippen LogP contribution in [0, 0.1) is 6.92 Å². The third kappa shape index (κ3) is 4.81. The number of thioether (sulfide) groups is 1. The highest BCUT2D eigenvalue weighted by Crippen LogP contribution is 2.18. The molecule has 1 amide bonds. The minimum Gasteiger partial charge on any atom is -0.351 e. The standard InChI is InChI=1S/C22H25N3O2S/c1-3-4-13-25-21(27)18-11-7-8-12-19(18)24-22(25)28-15-20(26)23-14-17-10-6-5-9-16(17)2/h5-12H,3-4,13-15H2,1-2H3,(H,23,26). The predicted octanol–water partition coefficient (Wildman–Crippen LogP) is 3.91. The van der Waals surface area contributed by atoms with E-state index in [0.29, 0.717) is 29.1 Å². The van der Waals surface area contributed by atoms with Crippen LogP contribution >= 0.6 is 11.8 Å². The molecule has 0 saturated heterocycles. The van der Waals surface area contributed by atoms with Crippen LogP contribution in [-0.2, 0) is 17.9 Å². The van der Waals surface area contributed by atoms with Crippen molar-refractivity contribution in [3.05, 3.63) is 70.0 Å². The first-order valence-electron chi connectivity index (χ1n) is 9.53. The van der Waals surface area contributed by atoms with E-state index in [1.54, 1.807) is 10.6 Å². The van der Waals surface area contributed by atoms with Crippen LogP contribution in [-0.4, -0.2) is 21.2 Å². The van der Waals surface area contributed by atoms with Crippen LogP contribution in [0.15, 0.2) is 58.5 Å². The zero-order valence-electron chi connectivity index (χ0n) is 16.3. The number of amides is 1. The van der Waals surface area contributed by atoms with Gasteiger partial charge in [0.25, 0.3) is 5.56 Å². The zero-order valence-corrected chi connectivity index (χ0v) is 17.1. The summed E-state index contributed by atoms with van der Waals surface area (Å²) in [5, 5.41) is 4.17. The number of benzene rings is 2. The summed E-state index contributed by atoms with van der Waals surface area (Å²) in [4.78, 5) is 29.8. The van der Waals surface area contributed by atoms with E-state index in [0.717, 1.165) is 24.0 Å². The van der Waals surface area contributed by atoms with Crippen LogP contribution in [0.25, 0.3) is 10.9 Å². The second-order valence-electron chi connectivity index (χ2n) is 6.71. The Bertz CT molecular complexity index is 1030. The summed E-state index contributed by atoms with van der Waals surface area (Å²) in [6.07, 6.45) is 1.88. The van der Waals surface area contributed by atoms with Gasteiger partial charge in [0, 0.05) is 13.1 Å². The monoisotopic (exact) mass is 395 g/mol. The fourth-order valence-electron chi connectivity index (χ4n) is 2.95. The molecule has 0 aliphatic rings. The second-order valence-corrected chi connectivity index (χ2v) is 7.66. The minimum atomic E-state index is -0.0716. The maximum Gasteiger partial charge on any atom is 0.262 e. The molecule has 1 heterocycles. The van der Waals surface area contributed by atoms with Gasteiger partial charge in [0.15, 0.2) is 5.16 Å². The fourth-order valence-corrected chi connectivity index (χ4v) is 3.81. The van der Waals surface area contributed by atoms with Gasteiger partial charge in [-0.1, -0.05) is 61.5 Å². The first-order valence-corrected chi connectivity index (χ1v) is 10.5. The van der Waals surface area contributed by atoms with E-state index >= 15 is 0 Å². The van der Waals surface area contributed by atoms with E-state index < -0.39 is 0 Å². The van der Waals surface area contributed by atoms with E-state index in [-0.39, 0.29) is 17.2 Å². The van der Waals surface area contributed by atoms with E-state index in [1.807, 2.05) is 49.4 Å². The number of carbonyl (C=O) groups excluding carboxylic acids is 1. The van der Waals surface area contributed by atoms with Crippen LogP contribution in [0.5, 0.6) is 0 Å². The van der Waals surface area contributed by atoms with E-state index in [9.17, 15) is 9.59 Å². The molecule has 0 radical (unpaired) electrons. The lowest BCUT2D eigenvalue weighted by Gasteiger charge is -2.13. The van der Waals surface area contributed by atoms with Crippen molar-refractivity contribution >= 4 is 28.6 Å². The molecular formula is C22H25N3O2S. The molecule has 0 fully saturated rings. The van der Waals surface area contributed by atoms with Crippen molar-refractivity contribution in [3.63, 3.8) is 0 Å². The summed E-state index contributed by atoms with van der Waals surface area (Å²) < 4.78 is 1.70. The Balaban J connectivity index is 1.73. The Kier molecular flexibility index (Phi) is 6.87. The van der Waals surface area contributed by atoms with Crippen molar-refractivity contribution in [2.75, 3.05) is 5.75 Å². The summed E-state index contributed by atoms with van der Waals surface area (Å²) in [7, 11) is 0. The average Bonchev–Trinajstić information content (AvgIpc) is 2.71. The smallest absolute Gasteiger partial charge is 0.262 e. The molecule has 1 N–H and O–H groups in total. The zero-order chi connectivity index (χ0) is 19.9. The summed E-state index contributed by atoms with van der Waals surface area (Å²) in [6, 6.07) is 15.3. The minimum absolute atomic E-state index is 0.0399. The van der Waals surface area contributed by atoms with Crippen molar-refractivity contribution in [1.29, 1.82) is 0 Å². The first-order chi connectivity index (χ1) is 13.6. The molecule has 0 saturated carbocycles. The van der Waals surface area contributed by atoms with Gasteiger partial charge in [-0.25, -0.2) is 4.98 Å². The lowest BCUT2D eigenvalue weighted by Crippen LogP contribution is -2.27. The maximum absolute atomic E-state index is 12.9. The summed E-state index contributed by atoms with van der Waals surface area (Å²) in [5.74, 6) is 0.153. The van der Waals surface area contributed by atoms with E-state index in [2.05, 4.69) is 17.2 Å². The average molecular weight is 396 g/mol. The number of para-hydroxylation sites is 1. The number of unbranched alkanes of at least 4 members (excludes halogenated alkanes) is 1. The maximum atomic E-state index is 12.9. The molecule has 28 heavy (non-hydrogen) atoms. The van der Waals surface area contributed by atoms with Crippen molar-refractivity contribution in [3.8, 4) is 0 Å². The third-order valence-electron chi connectivity index (χ3n) is 4.63. The number of carbonyl (C=O) groups is 1. The second kappa shape index (κ2) is 9.55. The Hall–Kier alpha value is -2.60. The van der Waals surface area contributed by atoms with Gasteiger partial charge in [0.2, 0.25) is 5.91 Å². The largest absolute Gasteiger partial charge is 0.351 e. The third-order valence-corrected chi connectivity index (χ3v) is 5.61. The van der Waals surface area contributed by atoms with Crippen LogP contribution in [0.4, 0.5) is 0 Å². The topological polar surface area (TPSA) is 64.0 Å². The predicted molar refractivity (Wildman–Crippen MR) is 115 cm³/mol. The van der Waals surface area contributed by atoms with Gasteiger partial charge in [-0.3, -0.25) is 14.2 Å². The normalized spacial score (nSPS) is 10.9. The number of hydrogen-bond acceptors (Lipinski definition) is 4. The molecular weight excluding hydrogens is 370 g/mol. The molecule has 0 spiro atoms. The van der Waals surface area contributed by atoms with E-state index in [4.69, 9.17) is 0 Å². The van der Waals surface area contributed by atoms with Gasteiger partial charge >= 0.3 is 0 Å². The Morgan fingerprint density at radius 2 is 1.89 bits per heavy atom. The number of nitrogens with one attached hydrogen (secondary N) is 1. The summed E-state index contributed by atoms with van der Waals surface area (Å²) >= 11 is 1.31. The van der Waals surface area contributed by atoms with Crippen molar-refractivity contribution in [2.24, 2.45) is 0 Å². The molecule has 146 valence electrons. The fraction of sp³-hybridized carbons (Fsp3) is 0.318. The Labute approximate surface area is 169 Å².